The normalized spacial score (nSPS) is 14.7. The van der Waals surface area contributed by atoms with Crippen LogP contribution in [-0.2, 0) is 6.61 Å². The third-order valence-corrected chi connectivity index (χ3v) is 4.50. The Balaban J connectivity index is 1.71. The number of aliphatic hydroxyl groups excluding tert-OH is 1. The van der Waals surface area contributed by atoms with Gasteiger partial charge in [0.2, 0.25) is 0 Å². The summed E-state index contributed by atoms with van der Waals surface area (Å²) in [5, 5.41) is 9.36. The molecular formula is C18H22N4O2. The molecule has 0 radical (unpaired) electrons. The van der Waals surface area contributed by atoms with Gasteiger partial charge in [0.05, 0.1) is 6.61 Å². The van der Waals surface area contributed by atoms with E-state index >= 15 is 0 Å². The fourth-order valence-electron chi connectivity index (χ4n) is 3.01. The molecule has 3 rings (SSSR count). The summed E-state index contributed by atoms with van der Waals surface area (Å²) in [6.07, 6.45) is 0.792. The van der Waals surface area contributed by atoms with Gasteiger partial charge in [-0.2, -0.15) is 0 Å². The molecule has 1 saturated heterocycles. The molecule has 0 saturated carbocycles. The number of carbonyl (C=O) groups excluding carboxylic acids is 1. The van der Waals surface area contributed by atoms with Crippen LogP contribution in [0.5, 0.6) is 0 Å². The maximum absolute atomic E-state index is 11.0. The molecule has 1 aliphatic heterocycles. The number of aldehydes is 1. The summed E-state index contributed by atoms with van der Waals surface area (Å²) >= 11 is 0. The zero-order valence-electron chi connectivity index (χ0n) is 13.5. The molecule has 0 spiro atoms. The third kappa shape index (κ3) is 3.14. The average Bonchev–Trinajstić information content (AvgIpc) is 2.63. The van der Waals surface area contributed by atoms with Gasteiger partial charge < -0.3 is 26.4 Å². The fraction of sp³-hybridized carbons (Fsp3) is 0.278. The van der Waals surface area contributed by atoms with Gasteiger partial charge in [-0.25, -0.2) is 0 Å². The van der Waals surface area contributed by atoms with Crippen LogP contribution in [-0.4, -0.2) is 37.6 Å². The smallest absolute Gasteiger partial charge is 0.152 e. The summed E-state index contributed by atoms with van der Waals surface area (Å²) in [5.74, 6) is 0. The van der Waals surface area contributed by atoms with Crippen LogP contribution in [0, 0.1) is 0 Å². The summed E-state index contributed by atoms with van der Waals surface area (Å²) in [6.45, 7) is 3.35. The number of hydrogen-bond donors (Lipinski definition) is 3. The summed E-state index contributed by atoms with van der Waals surface area (Å²) < 4.78 is 0. The van der Waals surface area contributed by atoms with Crippen LogP contribution in [0.4, 0.5) is 22.7 Å². The van der Waals surface area contributed by atoms with E-state index in [0.29, 0.717) is 16.9 Å². The van der Waals surface area contributed by atoms with Crippen molar-refractivity contribution in [3.05, 3.63) is 47.5 Å². The van der Waals surface area contributed by atoms with Crippen molar-refractivity contribution >= 4 is 29.0 Å². The van der Waals surface area contributed by atoms with Gasteiger partial charge >= 0.3 is 0 Å². The molecular weight excluding hydrogens is 304 g/mol. The van der Waals surface area contributed by atoms with Crippen molar-refractivity contribution in [3.8, 4) is 0 Å². The second-order valence-corrected chi connectivity index (χ2v) is 5.95. The lowest BCUT2D eigenvalue weighted by atomic mass is 10.1. The van der Waals surface area contributed by atoms with E-state index in [9.17, 15) is 9.90 Å². The highest BCUT2D eigenvalue weighted by Crippen LogP contribution is 2.25. The predicted octanol–water partition coefficient (Wildman–Crippen LogP) is 1.48. The van der Waals surface area contributed by atoms with Crippen molar-refractivity contribution in [1.29, 1.82) is 0 Å². The molecule has 5 N–H and O–H groups in total. The second-order valence-electron chi connectivity index (χ2n) is 5.95. The molecule has 2 aromatic carbocycles. The number of hydrogen-bond acceptors (Lipinski definition) is 6. The lowest BCUT2D eigenvalue weighted by Gasteiger charge is -2.37. The van der Waals surface area contributed by atoms with Crippen LogP contribution in [0.3, 0.4) is 0 Å². The molecule has 24 heavy (non-hydrogen) atoms. The zero-order chi connectivity index (χ0) is 17.1. The van der Waals surface area contributed by atoms with Gasteiger partial charge in [0, 0.05) is 60.1 Å². The standard InChI is InChI=1S/C18H22N4O2/c19-17-3-1-15(9-13(17)11-23)21-5-7-22(8-6-21)16-2-4-18(20)14(10-16)12-24/h1-4,9-11,24H,5-8,12,19-20H2. The van der Waals surface area contributed by atoms with E-state index < -0.39 is 0 Å². The average molecular weight is 326 g/mol. The number of piperazine rings is 1. The van der Waals surface area contributed by atoms with Crippen molar-refractivity contribution in [3.63, 3.8) is 0 Å². The van der Waals surface area contributed by atoms with Crippen LogP contribution < -0.4 is 21.3 Å². The molecule has 1 fully saturated rings. The molecule has 6 heteroatoms. The highest BCUT2D eigenvalue weighted by atomic mass is 16.3. The minimum atomic E-state index is -0.0560. The summed E-state index contributed by atoms with van der Waals surface area (Å²) in [7, 11) is 0. The van der Waals surface area contributed by atoms with Gasteiger partial charge in [0.15, 0.2) is 6.29 Å². The minimum Gasteiger partial charge on any atom is -0.398 e. The molecule has 0 aliphatic carbocycles. The first-order valence-corrected chi connectivity index (χ1v) is 7.96. The van der Waals surface area contributed by atoms with Crippen LogP contribution in [0.1, 0.15) is 15.9 Å². The predicted molar refractivity (Wildman–Crippen MR) is 97.4 cm³/mol. The Morgan fingerprint density at radius 3 is 2.00 bits per heavy atom. The molecule has 1 heterocycles. The Kier molecular flexibility index (Phi) is 4.57. The largest absolute Gasteiger partial charge is 0.398 e. The Bertz CT molecular complexity index is 740. The number of benzene rings is 2. The van der Waals surface area contributed by atoms with E-state index in [4.69, 9.17) is 11.5 Å². The number of anilines is 4. The quantitative estimate of drug-likeness (QED) is 0.582. The first kappa shape index (κ1) is 16.1. The maximum Gasteiger partial charge on any atom is 0.152 e. The van der Waals surface area contributed by atoms with Gasteiger partial charge in [0.25, 0.3) is 0 Å². The molecule has 126 valence electrons. The highest BCUT2D eigenvalue weighted by molar-refractivity contribution is 5.85. The number of rotatable bonds is 4. The van der Waals surface area contributed by atoms with Crippen molar-refractivity contribution in [2.24, 2.45) is 0 Å². The Hall–Kier alpha value is -2.73. The molecule has 0 bridgehead atoms. The summed E-state index contributed by atoms with van der Waals surface area (Å²) in [4.78, 5) is 15.6. The zero-order valence-corrected chi connectivity index (χ0v) is 13.5. The number of aliphatic hydroxyl groups is 1. The van der Waals surface area contributed by atoms with Crippen LogP contribution in [0.25, 0.3) is 0 Å². The first-order chi connectivity index (χ1) is 11.6. The van der Waals surface area contributed by atoms with E-state index in [1.54, 1.807) is 6.07 Å². The monoisotopic (exact) mass is 326 g/mol. The van der Waals surface area contributed by atoms with Crippen molar-refractivity contribution in [2.45, 2.75) is 6.61 Å². The first-order valence-electron chi connectivity index (χ1n) is 7.96. The van der Waals surface area contributed by atoms with Gasteiger partial charge in [-0.1, -0.05) is 0 Å². The van der Waals surface area contributed by atoms with Gasteiger partial charge in [-0.05, 0) is 36.4 Å². The number of nitrogens with two attached hydrogens (primary N) is 2. The molecule has 2 aromatic rings. The van der Waals surface area contributed by atoms with E-state index in [-0.39, 0.29) is 6.61 Å². The number of carbonyl (C=O) groups is 1. The van der Waals surface area contributed by atoms with Crippen LogP contribution in [0.15, 0.2) is 36.4 Å². The Morgan fingerprint density at radius 2 is 1.46 bits per heavy atom. The molecule has 0 aromatic heterocycles. The fourth-order valence-corrected chi connectivity index (χ4v) is 3.01. The Morgan fingerprint density at radius 1 is 0.917 bits per heavy atom. The van der Waals surface area contributed by atoms with E-state index in [0.717, 1.165) is 49.4 Å². The highest BCUT2D eigenvalue weighted by Gasteiger charge is 2.18. The number of nitrogen functional groups attached to an aromatic ring is 2. The van der Waals surface area contributed by atoms with E-state index in [2.05, 4.69) is 9.80 Å². The second kappa shape index (κ2) is 6.80. The minimum absolute atomic E-state index is 0.0560. The lowest BCUT2D eigenvalue weighted by Crippen LogP contribution is -2.46. The molecule has 0 amide bonds. The third-order valence-electron chi connectivity index (χ3n) is 4.50. The van der Waals surface area contributed by atoms with Crippen molar-refractivity contribution < 1.29 is 9.90 Å². The van der Waals surface area contributed by atoms with Gasteiger partial charge in [-0.15, -0.1) is 0 Å². The molecule has 6 nitrogen and oxygen atoms in total. The summed E-state index contributed by atoms with van der Waals surface area (Å²) in [5.41, 5.74) is 16.1. The lowest BCUT2D eigenvalue weighted by molar-refractivity contribution is 0.112. The maximum atomic E-state index is 11.0. The van der Waals surface area contributed by atoms with Crippen LogP contribution >= 0.6 is 0 Å². The molecule has 0 unspecified atom stereocenters. The topological polar surface area (TPSA) is 95.8 Å². The molecule has 1 aliphatic rings. The summed E-state index contributed by atoms with van der Waals surface area (Å²) in [6, 6.07) is 11.3. The van der Waals surface area contributed by atoms with Crippen molar-refractivity contribution in [1.82, 2.24) is 0 Å². The Labute approximate surface area is 141 Å². The molecule has 0 atom stereocenters. The van der Waals surface area contributed by atoms with E-state index in [1.807, 2.05) is 30.3 Å². The van der Waals surface area contributed by atoms with Crippen molar-refractivity contribution in [2.75, 3.05) is 47.4 Å². The van der Waals surface area contributed by atoms with Gasteiger partial charge in [-0.3, -0.25) is 4.79 Å². The SMILES string of the molecule is Nc1ccc(N2CCN(c3ccc(N)c(CO)c3)CC2)cc1C=O. The van der Waals surface area contributed by atoms with Gasteiger partial charge in [0.1, 0.15) is 0 Å². The van der Waals surface area contributed by atoms with E-state index in [1.165, 1.54) is 0 Å². The number of nitrogens with zero attached hydrogens (tertiary/aromatic N) is 2. The van der Waals surface area contributed by atoms with Crippen LogP contribution in [0.2, 0.25) is 0 Å².